The third kappa shape index (κ3) is 1.77. The first-order valence-electron chi connectivity index (χ1n) is 6.44. The van der Waals surface area contributed by atoms with Crippen LogP contribution in [0.25, 0.3) is 0 Å². The molecule has 0 bridgehead atoms. The number of rotatable bonds is 1. The molecular formula is C15H22O. The van der Waals surface area contributed by atoms with Crippen molar-refractivity contribution in [3.63, 3.8) is 0 Å². The van der Waals surface area contributed by atoms with Crippen LogP contribution < -0.4 is 0 Å². The molecule has 2 aliphatic rings. The molecule has 1 saturated carbocycles. The minimum atomic E-state index is 0.227. The lowest BCUT2D eigenvalue weighted by Gasteiger charge is -2.18. The summed E-state index contributed by atoms with van der Waals surface area (Å²) < 4.78 is 0. The van der Waals surface area contributed by atoms with Crippen molar-refractivity contribution >= 4 is 5.78 Å². The summed E-state index contributed by atoms with van der Waals surface area (Å²) in [5, 5.41) is 0. The molecule has 88 valence electrons. The van der Waals surface area contributed by atoms with Crippen LogP contribution >= 0.6 is 0 Å². The molecule has 2 unspecified atom stereocenters. The fourth-order valence-corrected chi connectivity index (χ4v) is 3.21. The smallest absolute Gasteiger partial charge is 0.162 e. The molecule has 0 aliphatic heterocycles. The largest absolute Gasteiger partial charge is 0.294 e. The van der Waals surface area contributed by atoms with Crippen molar-refractivity contribution in [2.75, 3.05) is 0 Å². The number of allylic oxidation sites excluding steroid dienone is 3. The first-order valence-corrected chi connectivity index (χ1v) is 6.44. The molecule has 2 aliphatic carbocycles. The molecule has 2 rings (SSSR count). The summed E-state index contributed by atoms with van der Waals surface area (Å²) in [6.07, 6.45) is 4.25. The standard InChI is InChI=1S/C15H22O/c1-9(2)12-7-5-10(3)13-8-6-11(4)14(13)15(12)16/h9,12-13H,3,5-8H2,1-2,4H3. The Morgan fingerprint density at radius 2 is 1.94 bits per heavy atom. The Morgan fingerprint density at radius 3 is 2.56 bits per heavy atom. The van der Waals surface area contributed by atoms with E-state index in [0.29, 0.717) is 17.6 Å². The Kier molecular flexibility index (Phi) is 3.05. The van der Waals surface area contributed by atoms with Crippen molar-refractivity contribution in [2.24, 2.45) is 17.8 Å². The number of hydrogen-bond acceptors (Lipinski definition) is 1. The fourth-order valence-electron chi connectivity index (χ4n) is 3.21. The summed E-state index contributed by atoms with van der Waals surface area (Å²) in [6, 6.07) is 0. The maximum Gasteiger partial charge on any atom is 0.162 e. The highest BCUT2D eigenvalue weighted by atomic mass is 16.1. The van der Waals surface area contributed by atoms with E-state index in [2.05, 4.69) is 27.4 Å². The van der Waals surface area contributed by atoms with E-state index in [4.69, 9.17) is 0 Å². The normalized spacial score (nSPS) is 31.0. The molecule has 0 heterocycles. The van der Waals surface area contributed by atoms with Gasteiger partial charge in [0.25, 0.3) is 0 Å². The highest BCUT2D eigenvalue weighted by Gasteiger charge is 2.37. The van der Waals surface area contributed by atoms with Gasteiger partial charge in [-0.05, 0) is 38.5 Å². The van der Waals surface area contributed by atoms with Gasteiger partial charge in [0.2, 0.25) is 0 Å². The molecule has 1 fully saturated rings. The van der Waals surface area contributed by atoms with Crippen molar-refractivity contribution in [3.8, 4) is 0 Å². The zero-order chi connectivity index (χ0) is 11.9. The van der Waals surface area contributed by atoms with Gasteiger partial charge in [0, 0.05) is 17.4 Å². The molecule has 16 heavy (non-hydrogen) atoms. The Morgan fingerprint density at radius 1 is 1.25 bits per heavy atom. The molecule has 0 N–H and O–H groups in total. The van der Waals surface area contributed by atoms with Gasteiger partial charge in [0.1, 0.15) is 0 Å². The molecule has 0 saturated heterocycles. The number of carbonyl (C=O) groups excluding carboxylic acids is 1. The molecule has 1 nitrogen and oxygen atoms in total. The molecule has 0 aromatic carbocycles. The van der Waals surface area contributed by atoms with Gasteiger partial charge < -0.3 is 0 Å². The van der Waals surface area contributed by atoms with Crippen LogP contribution in [0.5, 0.6) is 0 Å². The third-order valence-electron chi connectivity index (χ3n) is 4.29. The zero-order valence-electron chi connectivity index (χ0n) is 10.7. The summed E-state index contributed by atoms with van der Waals surface area (Å²) in [6.45, 7) is 10.6. The van der Waals surface area contributed by atoms with Crippen molar-refractivity contribution < 1.29 is 4.79 Å². The van der Waals surface area contributed by atoms with Crippen LogP contribution in [0.3, 0.4) is 0 Å². The number of Topliss-reactive ketones (excluding diaryl/α,β-unsaturated/α-hetero) is 1. The van der Waals surface area contributed by atoms with Gasteiger partial charge in [-0.15, -0.1) is 0 Å². The minimum Gasteiger partial charge on any atom is -0.294 e. The van der Waals surface area contributed by atoms with Crippen LogP contribution in [0.1, 0.15) is 46.5 Å². The lowest BCUT2D eigenvalue weighted by molar-refractivity contribution is -0.120. The van der Waals surface area contributed by atoms with E-state index >= 15 is 0 Å². The Hall–Kier alpha value is -0.850. The number of carbonyl (C=O) groups is 1. The summed E-state index contributed by atoms with van der Waals surface area (Å²) >= 11 is 0. The van der Waals surface area contributed by atoms with Gasteiger partial charge in [0.05, 0.1) is 0 Å². The van der Waals surface area contributed by atoms with Crippen molar-refractivity contribution in [1.82, 2.24) is 0 Å². The van der Waals surface area contributed by atoms with Crippen LogP contribution in [0.15, 0.2) is 23.3 Å². The highest BCUT2D eigenvalue weighted by molar-refractivity contribution is 5.99. The predicted molar refractivity (Wildman–Crippen MR) is 67.1 cm³/mol. The van der Waals surface area contributed by atoms with Gasteiger partial charge in [-0.1, -0.05) is 31.6 Å². The summed E-state index contributed by atoms with van der Waals surface area (Å²) in [4.78, 5) is 12.5. The van der Waals surface area contributed by atoms with Gasteiger partial charge in [-0.3, -0.25) is 4.79 Å². The fraction of sp³-hybridized carbons (Fsp3) is 0.667. The molecule has 0 amide bonds. The Labute approximate surface area is 98.6 Å². The van der Waals surface area contributed by atoms with Crippen molar-refractivity contribution in [3.05, 3.63) is 23.3 Å². The number of fused-ring (bicyclic) bond motifs is 1. The predicted octanol–water partition coefficient (Wildman–Crippen LogP) is 3.90. The first-order chi connectivity index (χ1) is 7.52. The maximum atomic E-state index is 12.5. The molecule has 1 heteroatoms. The van der Waals surface area contributed by atoms with E-state index in [1.807, 2.05) is 0 Å². The van der Waals surface area contributed by atoms with Crippen LogP contribution in [0.2, 0.25) is 0 Å². The second-order valence-corrected chi connectivity index (χ2v) is 5.70. The van der Waals surface area contributed by atoms with Gasteiger partial charge >= 0.3 is 0 Å². The minimum absolute atomic E-state index is 0.227. The lowest BCUT2D eigenvalue weighted by atomic mass is 9.84. The van der Waals surface area contributed by atoms with E-state index < -0.39 is 0 Å². The van der Waals surface area contributed by atoms with Crippen LogP contribution in [0, 0.1) is 17.8 Å². The quantitative estimate of drug-likeness (QED) is 0.610. The van der Waals surface area contributed by atoms with Gasteiger partial charge in [0.15, 0.2) is 5.78 Å². The zero-order valence-corrected chi connectivity index (χ0v) is 10.7. The van der Waals surface area contributed by atoms with E-state index in [0.717, 1.165) is 31.3 Å². The van der Waals surface area contributed by atoms with Crippen molar-refractivity contribution in [2.45, 2.75) is 46.5 Å². The second-order valence-electron chi connectivity index (χ2n) is 5.70. The summed E-state index contributed by atoms with van der Waals surface area (Å²) in [5.41, 5.74) is 3.74. The SMILES string of the molecule is C=C1CCC(C(C)C)C(=O)C2=C(C)CCC12. The van der Waals surface area contributed by atoms with E-state index in [1.54, 1.807) is 0 Å². The van der Waals surface area contributed by atoms with Gasteiger partial charge in [-0.2, -0.15) is 0 Å². The molecule has 0 aromatic heterocycles. The van der Waals surface area contributed by atoms with E-state index in [-0.39, 0.29) is 5.92 Å². The van der Waals surface area contributed by atoms with Crippen LogP contribution in [-0.4, -0.2) is 5.78 Å². The van der Waals surface area contributed by atoms with E-state index in [1.165, 1.54) is 11.1 Å². The topological polar surface area (TPSA) is 17.1 Å². The molecule has 0 radical (unpaired) electrons. The number of hydrogen-bond donors (Lipinski definition) is 0. The first kappa shape index (κ1) is 11.6. The average Bonchev–Trinajstić information content (AvgIpc) is 2.53. The Balaban J connectivity index is 2.39. The van der Waals surface area contributed by atoms with Crippen LogP contribution in [0.4, 0.5) is 0 Å². The lowest BCUT2D eigenvalue weighted by Crippen LogP contribution is -2.22. The van der Waals surface area contributed by atoms with Crippen molar-refractivity contribution in [1.29, 1.82) is 0 Å². The third-order valence-corrected chi connectivity index (χ3v) is 4.29. The highest BCUT2D eigenvalue weighted by Crippen LogP contribution is 2.43. The Bertz CT molecular complexity index is 360. The molecule has 0 aromatic rings. The molecule has 2 atom stereocenters. The van der Waals surface area contributed by atoms with Gasteiger partial charge in [-0.25, -0.2) is 0 Å². The summed E-state index contributed by atoms with van der Waals surface area (Å²) in [7, 11) is 0. The maximum absolute atomic E-state index is 12.5. The average molecular weight is 218 g/mol. The van der Waals surface area contributed by atoms with E-state index in [9.17, 15) is 4.79 Å². The summed E-state index contributed by atoms with van der Waals surface area (Å²) in [5.74, 6) is 1.50. The second kappa shape index (κ2) is 4.20. The molecule has 0 spiro atoms. The number of ketones is 1. The molecular weight excluding hydrogens is 196 g/mol. The van der Waals surface area contributed by atoms with Crippen LogP contribution in [-0.2, 0) is 4.79 Å². The monoisotopic (exact) mass is 218 g/mol.